The van der Waals surface area contributed by atoms with Gasteiger partial charge in [-0.05, 0) is 24.1 Å². The number of nitrogen functional groups attached to an aromatic ring is 2. The molecule has 0 aromatic heterocycles. The van der Waals surface area contributed by atoms with E-state index < -0.39 is 17.9 Å². The first-order valence-corrected chi connectivity index (χ1v) is 5.90. The summed E-state index contributed by atoms with van der Waals surface area (Å²) in [5.74, 6) is -1.01. The summed E-state index contributed by atoms with van der Waals surface area (Å²) < 4.78 is 4.65. The minimum Gasteiger partial charge on any atom is -0.467 e. The number of amides is 1. The van der Waals surface area contributed by atoms with E-state index in [1.165, 1.54) is 19.2 Å². The molecule has 1 rings (SSSR count). The molecule has 0 radical (unpaired) electrons. The average molecular weight is 265 g/mol. The summed E-state index contributed by atoms with van der Waals surface area (Å²) in [5, 5.41) is 2.61. The van der Waals surface area contributed by atoms with E-state index in [1.807, 2.05) is 13.8 Å². The Kier molecular flexibility index (Phi) is 4.74. The summed E-state index contributed by atoms with van der Waals surface area (Å²) in [6, 6.07) is 3.88. The zero-order valence-corrected chi connectivity index (χ0v) is 11.3. The van der Waals surface area contributed by atoms with E-state index in [9.17, 15) is 9.59 Å². The predicted molar refractivity (Wildman–Crippen MR) is 73.4 cm³/mol. The number of esters is 1. The van der Waals surface area contributed by atoms with Gasteiger partial charge in [0.1, 0.15) is 6.04 Å². The Balaban J connectivity index is 2.91. The standard InChI is InChI=1S/C13H19N3O3/c1-7(2)11(13(18)19-3)16-12(17)9-5-4-8(14)6-10(9)15/h4-7,11H,14-15H2,1-3H3,(H,16,17). The van der Waals surface area contributed by atoms with Crippen LogP contribution in [0.3, 0.4) is 0 Å². The quantitative estimate of drug-likeness (QED) is 0.550. The maximum atomic E-state index is 12.1. The highest BCUT2D eigenvalue weighted by atomic mass is 16.5. The average Bonchev–Trinajstić information content (AvgIpc) is 2.34. The molecule has 0 fully saturated rings. The molecule has 5 N–H and O–H groups in total. The van der Waals surface area contributed by atoms with Gasteiger partial charge in [-0.15, -0.1) is 0 Å². The van der Waals surface area contributed by atoms with Crippen LogP contribution in [0.15, 0.2) is 18.2 Å². The highest BCUT2D eigenvalue weighted by Gasteiger charge is 2.25. The van der Waals surface area contributed by atoms with Gasteiger partial charge in [0.05, 0.1) is 12.7 Å². The van der Waals surface area contributed by atoms with Gasteiger partial charge in [-0.3, -0.25) is 4.79 Å². The summed E-state index contributed by atoms with van der Waals surface area (Å²) in [6.07, 6.45) is 0. The third-order valence-electron chi connectivity index (χ3n) is 2.73. The molecular weight excluding hydrogens is 246 g/mol. The lowest BCUT2D eigenvalue weighted by atomic mass is 10.0. The fourth-order valence-corrected chi connectivity index (χ4v) is 1.63. The van der Waals surface area contributed by atoms with E-state index in [2.05, 4.69) is 10.1 Å². The number of benzene rings is 1. The molecule has 6 heteroatoms. The minimum atomic E-state index is -0.713. The van der Waals surface area contributed by atoms with Crippen molar-refractivity contribution in [3.8, 4) is 0 Å². The normalized spacial score (nSPS) is 12.0. The SMILES string of the molecule is COC(=O)C(NC(=O)c1ccc(N)cc1N)C(C)C. The van der Waals surface area contributed by atoms with Gasteiger partial charge >= 0.3 is 5.97 Å². The van der Waals surface area contributed by atoms with E-state index in [0.29, 0.717) is 5.69 Å². The first-order chi connectivity index (χ1) is 8.86. The molecule has 0 heterocycles. The smallest absolute Gasteiger partial charge is 0.328 e. The predicted octanol–water partition coefficient (Wildman–Crippen LogP) is 0.778. The van der Waals surface area contributed by atoms with Gasteiger partial charge < -0.3 is 21.5 Å². The van der Waals surface area contributed by atoms with E-state index in [0.717, 1.165) is 0 Å². The number of methoxy groups -OCH3 is 1. The summed E-state index contributed by atoms with van der Waals surface area (Å²) in [4.78, 5) is 23.6. The Bertz CT molecular complexity index is 486. The van der Waals surface area contributed by atoms with Crippen LogP contribution >= 0.6 is 0 Å². The first-order valence-electron chi connectivity index (χ1n) is 5.90. The number of nitrogens with two attached hydrogens (primary N) is 2. The van der Waals surface area contributed by atoms with Crippen molar-refractivity contribution < 1.29 is 14.3 Å². The second-order valence-corrected chi connectivity index (χ2v) is 4.56. The van der Waals surface area contributed by atoms with Crippen molar-refractivity contribution >= 4 is 23.3 Å². The van der Waals surface area contributed by atoms with Gasteiger partial charge in [0.15, 0.2) is 0 Å². The number of hydrogen-bond donors (Lipinski definition) is 3. The van der Waals surface area contributed by atoms with Crippen molar-refractivity contribution in [3.05, 3.63) is 23.8 Å². The first kappa shape index (κ1) is 14.8. The summed E-state index contributed by atoms with van der Waals surface area (Å²) in [7, 11) is 1.28. The lowest BCUT2D eigenvalue weighted by molar-refractivity contribution is -0.144. The molecule has 19 heavy (non-hydrogen) atoms. The van der Waals surface area contributed by atoms with Gasteiger partial charge in [-0.25, -0.2) is 4.79 Å². The number of anilines is 2. The topological polar surface area (TPSA) is 107 Å². The number of rotatable bonds is 4. The Hall–Kier alpha value is -2.24. The molecule has 6 nitrogen and oxygen atoms in total. The monoisotopic (exact) mass is 265 g/mol. The van der Waals surface area contributed by atoms with Crippen LogP contribution in [0.25, 0.3) is 0 Å². The molecule has 1 unspecified atom stereocenters. The van der Waals surface area contributed by atoms with Crippen LogP contribution in [0, 0.1) is 5.92 Å². The number of carbonyl (C=O) groups is 2. The number of carbonyl (C=O) groups excluding carboxylic acids is 2. The van der Waals surface area contributed by atoms with Gasteiger partial charge in [-0.1, -0.05) is 13.8 Å². The lowest BCUT2D eigenvalue weighted by Gasteiger charge is -2.20. The molecule has 0 saturated carbocycles. The third-order valence-corrected chi connectivity index (χ3v) is 2.73. The summed E-state index contributed by atoms with van der Waals surface area (Å²) in [6.45, 7) is 3.63. The third kappa shape index (κ3) is 3.61. The Morgan fingerprint density at radius 1 is 1.26 bits per heavy atom. The van der Waals surface area contributed by atoms with Gasteiger partial charge in [0.2, 0.25) is 0 Å². The Labute approximate surface area is 112 Å². The molecule has 0 spiro atoms. The molecule has 104 valence electrons. The Morgan fingerprint density at radius 2 is 1.89 bits per heavy atom. The zero-order chi connectivity index (χ0) is 14.6. The molecule has 0 aliphatic rings. The highest BCUT2D eigenvalue weighted by Crippen LogP contribution is 2.16. The van der Waals surface area contributed by atoms with Crippen LogP contribution in [0.5, 0.6) is 0 Å². The number of nitrogens with one attached hydrogen (secondary N) is 1. The van der Waals surface area contributed by atoms with Crippen molar-refractivity contribution in [2.24, 2.45) is 5.92 Å². The molecule has 1 amide bonds. The largest absolute Gasteiger partial charge is 0.467 e. The highest BCUT2D eigenvalue weighted by molar-refractivity contribution is 6.01. The lowest BCUT2D eigenvalue weighted by Crippen LogP contribution is -2.45. The van der Waals surface area contributed by atoms with Crippen LogP contribution in [0.1, 0.15) is 24.2 Å². The van der Waals surface area contributed by atoms with Crippen molar-refractivity contribution in [2.45, 2.75) is 19.9 Å². The van der Waals surface area contributed by atoms with Gasteiger partial charge in [-0.2, -0.15) is 0 Å². The Morgan fingerprint density at radius 3 is 2.37 bits per heavy atom. The van der Waals surface area contributed by atoms with Crippen molar-refractivity contribution in [1.82, 2.24) is 5.32 Å². The van der Waals surface area contributed by atoms with Gasteiger partial charge in [0, 0.05) is 11.4 Å². The van der Waals surface area contributed by atoms with E-state index in [1.54, 1.807) is 6.07 Å². The zero-order valence-electron chi connectivity index (χ0n) is 11.3. The maximum Gasteiger partial charge on any atom is 0.328 e. The fourth-order valence-electron chi connectivity index (χ4n) is 1.63. The fraction of sp³-hybridized carbons (Fsp3) is 0.385. The van der Waals surface area contributed by atoms with Crippen molar-refractivity contribution in [3.63, 3.8) is 0 Å². The van der Waals surface area contributed by atoms with E-state index >= 15 is 0 Å². The summed E-state index contributed by atoms with van der Waals surface area (Å²) >= 11 is 0. The van der Waals surface area contributed by atoms with Crippen LogP contribution < -0.4 is 16.8 Å². The van der Waals surface area contributed by atoms with Crippen LogP contribution in [0.4, 0.5) is 11.4 Å². The second-order valence-electron chi connectivity index (χ2n) is 4.56. The van der Waals surface area contributed by atoms with E-state index in [4.69, 9.17) is 11.5 Å². The minimum absolute atomic E-state index is 0.0913. The van der Waals surface area contributed by atoms with E-state index in [-0.39, 0.29) is 17.2 Å². The van der Waals surface area contributed by atoms with Crippen molar-refractivity contribution in [2.75, 3.05) is 18.6 Å². The molecule has 0 bridgehead atoms. The number of ether oxygens (including phenoxy) is 1. The molecule has 1 aromatic rings. The molecular formula is C13H19N3O3. The molecule has 0 saturated heterocycles. The molecule has 1 aromatic carbocycles. The molecule has 1 atom stereocenters. The van der Waals surface area contributed by atoms with Gasteiger partial charge in [0.25, 0.3) is 5.91 Å². The van der Waals surface area contributed by atoms with Crippen LogP contribution in [0.2, 0.25) is 0 Å². The molecule has 0 aliphatic carbocycles. The maximum absolute atomic E-state index is 12.1. The van der Waals surface area contributed by atoms with Crippen LogP contribution in [-0.2, 0) is 9.53 Å². The van der Waals surface area contributed by atoms with Crippen molar-refractivity contribution in [1.29, 1.82) is 0 Å². The molecule has 0 aliphatic heterocycles. The summed E-state index contributed by atoms with van der Waals surface area (Å²) in [5.41, 5.74) is 12.3. The van der Waals surface area contributed by atoms with Crippen LogP contribution in [-0.4, -0.2) is 25.0 Å². The number of hydrogen-bond acceptors (Lipinski definition) is 5. The second kappa shape index (κ2) is 6.08.